The Labute approximate surface area is 65.3 Å². The van der Waals surface area contributed by atoms with Crippen molar-refractivity contribution in [1.82, 2.24) is 0 Å². The van der Waals surface area contributed by atoms with Crippen LogP contribution >= 0.6 is 0 Å². The molecular weight excluding hydrogens is 140 g/mol. The van der Waals surface area contributed by atoms with Crippen LogP contribution in [0, 0.1) is 22.7 Å². The molecule has 0 bridgehead atoms. The van der Waals surface area contributed by atoms with E-state index in [9.17, 15) is 0 Å². The van der Waals surface area contributed by atoms with Crippen LogP contribution in [0.4, 0.5) is 0 Å². The summed E-state index contributed by atoms with van der Waals surface area (Å²) in [7, 11) is 0. The molecule has 0 aliphatic heterocycles. The Balaban J connectivity index is 0. The van der Waals surface area contributed by atoms with E-state index in [0.717, 1.165) is 0 Å². The molecule has 4 heteroatoms. The number of allylic oxidation sites excluding steroid dienone is 2. The van der Waals surface area contributed by atoms with E-state index in [0.29, 0.717) is 0 Å². The molecule has 0 rings (SSSR count). The number of rotatable bonds is 0. The monoisotopic (exact) mass is 148 g/mol. The van der Waals surface area contributed by atoms with Gasteiger partial charge in [0, 0.05) is 0 Å². The lowest BCUT2D eigenvalue weighted by Gasteiger charge is -1.83. The van der Waals surface area contributed by atoms with Crippen molar-refractivity contribution < 1.29 is 0 Å². The van der Waals surface area contributed by atoms with Gasteiger partial charge in [0.1, 0.15) is 23.5 Å². The third-order valence-electron chi connectivity index (χ3n) is 0.531. The third-order valence-corrected chi connectivity index (χ3v) is 0.531. The minimum absolute atomic E-state index is 0.229. The Hall–Kier alpha value is -2.16. The van der Waals surface area contributed by atoms with Gasteiger partial charge in [-0.3, -0.25) is 0 Å². The molecule has 4 N–H and O–H groups in total. The summed E-state index contributed by atoms with van der Waals surface area (Å²) in [6, 6.07) is 3.05. The summed E-state index contributed by atoms with van der Waals surface area (Å²) in [5.74, 6) is 0. The predicted molar refractivity (Wildman–Crippen MR) is 41.4 cm³/mol. The standard InChI is InChI=1S/C4H4N4.C3H4/c5-1-3(7)4(8)2-6;1-3-2/h7-8H2;1-2H2/b4-3-;. The van der Waals surface area contributed by atoms with Crippen molar-refractivity contribution in [1.29, 1.82) is 10.5 Å². The second-order valence-corrected chi connectivity index (χ2v) is 1.30. The number of nitrogens with zero attached hydrogens (tertiary/aromatic N) is 2. The van der Waals surface area contributed by atoms with E-state index in [2.05, 4.69) is 18.9 Å². The average Bonchev–Trinajstić information content (AvgIpc) is 2.03. The van der Waals surface area contributed by atoms with Crippen molar-refractivity contribution in [3.8, 4) is 12.1 Å². The highest BCUT2D eigenvalue weighted by Crippen LogP contribution is 1.83. The van der Waals surface area contributed by atoms with E-state index in [1.807, 2.05) is 0 Å². The lowest BCUT2D eigenvalue weighted by Crippen LogP contribution is -2.05. The van der Waals surface area contributed by atoms with Crippen molar-refractivity contribution in [3.05, 3.63) is 30.3 Å². The highest BCUT2D eigenvalue weighted by molar-refractivity contribution is 5.31. The molecule has 0 spiro atoms. The molecule has 0 aromatic heterocycles. The zero-order valence-corrected chi connectivity index (χ0v) is 5.96. The topological polar surface area (TPSA) is 99.6 Å². The molecule has 0 heterocycles. The fraction of sp³-hybridized carbons (Fsp3) is 0. The van der Waals surface area contributed by atoms with Crippen molar-refractivity contribution in [2.24, 2.45) is 11.5 Å². The number of nitrogens with two attached hydrogens (primary N) is 2. The first-order chi connectivity index (χ1) is 5.13. The molecule has 4 nitrogen and oxygen atoms in total. The Bertz CT molecular complexity index is 233. The van der Waals surface area contributed by atoms with Crippen LogP contribution in [0.25, 0.3) is 0 Å². The van der Waals surface area contributed by atoms with Crippen LogP contribution in [0.1, 0.15) is 0 Å². The van der Waals surface area contributed by atoms with Crippen molar-refractivity contribution in [3.63, 3.8) is 0 Å². The van der Waals surface area contributed by atoms with Crippen LogP contribution in [0.3, 0.4) is 0 Å². The van der Waals surface area contributed by atoms with E-state index >= 15 is 0 Å². The maximum Gasteiger partial charge on any atom is 0.145 e. The lowest BCUT2D eigenvalue weighted by molar-refractivity contribution is 1.27. The zero-order valence-electron chi connectivity index (χ0n) is 5.96. The molecule has 0 amide bonds. The Morgan fingerprint density at radius 2 is 1.18 bits per heavy atom. The van der Waals surface area contributed by atoms with E-state index in [4.69, 9.17) is 22.0 Å². The van der Waals surface area contributed by atoms with Gasteiger partial charge in [-0.05, 0) is 0 Å². The Kier molecular flexibility index (Phi) is 8.28. The van der Waals surface area contributed by atoms with Crippen LogP contribution in [-0.4, -0.2) is 0 Å². The zero-order chi connectivity index (χ0) is 9.28. The minimum atomic E-state index is -0.229. The van der Waals surface area contributed by atoms with Gasteiger partial charge in [-0.2, -0.15) is 10.5 Å². The molecule has 0 atom stereocenters. The summed E-state index contributed by atoms with van der Waals surface area (Å²) >= 11 is 0. The van der Waals surface area contributed by atoms with Crippen molar-refractivity contribution >= 4 is 0 Å². The normalized spacial score (nSPS) is 8.55. The van der Waals surface area contributed by atoms with Crippen molar-refractivity contribution in [2.75, 3.05) is 0 Å². The van der Waals surface area contributed by atoms with Gasteiger partial charge in [0.15, 0.2) is 0 Å². The van der Waals surface area contributed by atoms with E-state index in [1.165, 1.54) is 12.1 Å². The summed E-state index contributed by atoms with van der Waals surface area (Å²) in [5.41, 5.74) is 11.6. The fourth-order valence-corrected chi connectivity index (χ4v) is 0.120. The SMILES string of the molecule is C=C=C.N#C/C(N)=C(/N)C#N. The van der Waals surface area contributed by atoms with Gasteiger partial charge in [-0.25, -0.2) is 0 Å². The Morgan fingerprint density at radius 1 is 1.00 bits per heavy atom. The molecule has 0 saturated carbocycles. The Morgan fingerprint density at radius 3 is 1.27 bits per heavy atom. The maximum absolute atomic E-state index is 7.97. The number of hydrogen-bond acceptors (Lipinski definition) is 4. The molecule has 0 fully saturated rings. The van der Waals surface area contributed by atoms with Gasteiger partial charge in [0.2, 0.25) is 0 Å². The summed E-state index contributed by atoms with van der Waals surface area (Å²) in [6.07, 6.45) is 0. The van der Waals surface area contributed by atoms with Gasteiger partial charge in [0.05, 0.1) is 0 Å². The predicted octanol–water partition coefficient (Wildman–Crippen LogP) is 0.120. The van der Waals surface area contributed by atoms with Gasteiger partial charge in [-0.1, -0.05) is 13.2 Å². The van der Waals surface area contributed by atoms with Gasteiger partial charge in [0.25, 0.3) is 0 Å². The first-order valence-corrected chi connectivity index (χ1v) is 2.48. The summed E-state index contributed by atoms with van der Waals surface area (Å²) in [6.45, 7) is 6.25. The molecule has 0 saturated heterocycles. The van der Waals surface area contributed by atoms with Crippen LogP contribution in [0.2, 0.25) is 0 Å². The van der Waals surface area contributed by atoms with E-state index < -0.39 is 0 Å². The van der Waals surface area contributed by atoms with Gasteiger partial charge < -0.3 is 11.5 Å². The largest absolute Gasteiger partial charge is 0.388 e. The van der Waals surface area contributed by atoms with Gasteiger partial charge >= 0.3 is 0 Å². The maximum atomic E-state index is 7.97. The van der Waals surface area contributed by atoms with Crippen LogP contribution in [0.15, 0.2) is 30.3 Å². The highest BCUT2D eigenvalue weighted by Gasteiger charge is 1.91. The number of nitriles is 2. The average molecular weight is 148 g/mol. The molecule has 0 aliphatic rings. The molecular formula is C7H8N4. The second kappa shape index (κ2) is 7.84. The van der Waals surface area contributed by atoms with Gasteiger partial charge in [-0.15, -0.1) is 5.73 Å². The second-order valence-electron chi connectivity index (χ2n) is 1.30. The molecule has 0 radical (unpaired) electrons. The molecule has 0 aliphatic carbocycles. The highest BCUT2D eigenvalue weighted by atomic mass is 14.7. The van der Waals surface area contributed by atoms with Crippen LogP contribution in [-0.2, 0) is 0 Å². The molecule has 56 valence electrons. The number of hydrogen-bond donors (Lipinski definition) is 2. The fourth-order valence-electron chi connectivity index (χ4n) is 0.120. The minimum Gasteiger partial charge on any atom is -0.388 e. The summed E-state index contributed by atoms with van der Waals surface area (Å²) in [5, 5.41) is 15.9. The van der Waals surface area contributed by atoms with Crippen LogP contribution in [0.5, 0.6) is 0 Å². The van der Waals surface area contributed by atoms with Crippen molar-refractivity contribution in [2.45, 2.75) is 0 Å². The smallest absolute Gasteiger partial charge is 0.145 e. The molecule has 11 heavy (non-hydrogen) atoms. The first-order valence-electron chi connectivity index (χ1n) is 2.48. The van der Waals surface area contributed by atoms with E-state index in [-0.39, 0.29) is 11.4 Å². The quantitative estimate of drug-likeness (QED) is 0.376. The lowest BCUT2D eigenvalue weighted by atomic mass is 10.4. The molecule has 0 unspecified atom stereocenters. The molecule has 0 aromatic carbocycles. The summed E-state index contributed by atoms with van der Waals surface area (Å²) < 4.78 is 0. The van der Waals surface area contributed by atoms with E-state index in [1.54, 1.807) is 0 Å². The first kappa shape index (κ1) is 11.6. The third kappa shape index (κ3) is 7.84. The summed E-state index contributed by atoms with van der Waals surface area (Å²) in [4.78, 5) is 0. The molecule has 0 aromatic rings. The van der Waals surface area contributed by atoms with Crippen LogP contribution < -0.4 is 11.5 Å².